The average molecular weight is 2030 g/mol. The number of hydrogen-bond acceptors (Lipinski definition) is 12. The first-order chi connectivity index (χ1) is 72.0. The number of fused-ring (bicyclic) bond motifs is 15. The number of rotatable bonds is 13. The predicted octanol–water partition coefficient (Wildman–Crippen LogP) is 21.7. The molecule has 149 heavy (non-hydrogen) atoms. The van der Waals surface area contributed by atoms with Gasteiger partial charge in [-0.25, -0.2) is 8.78 Å². The summed E-state index contributed by atoms with van der Waals surface area (Å²) in [6.45, 7) is 12.6. The fourth-order valence-electron chi connectivity index (χ4n) is 22.1. The van der Waals surface area contributed by atoms with E-state index in [0.29, 0.717) is 50.4 Å². The van der Waals surface area contributed by atoms with E-state index in [1.165, 1.54) is 137 Å². The van der Waals surface area contributed by atoms with Gasteiger partial charge in [0.1, 0.15) is 29.7 Å². The molecule has 0 N–H and O–H groups in total. The second-order valence-corrected chi connectivity index (χ2v) is 40.9. The average Bonchev–Trinajstić information content (AvgIpc) is 1.62. The molecule has 15 heterocycles. The van der Waals surface area contributed by atoms with Gasteiger partial charge < -0.3 is 56.8 Å². The molecule has 5 aliphatic rings. The van der Waals surface area contributed by atoms with Crippen molar-refractivity contribution in [3.05, 3.63) is 439 Å². The summed E-state index contributed by atoms with van der Waals surface area (Å²) in [5.74, 6) is 0.163. The Balaban J connectivity index is 0.000000109. The molecule has 0 fully saturated rings. The SMILES string of the molecule is CN1CCc2c(c3ccc(-n4ccc(-c5ccc(Cl)cc5)cc4=O)cc3n2C)C1.CN1CCc2c(c3ccc(-n4ccc(-c5ccc(Cl)cc5F)cc4=O)cc3n2C)C1.CN1CCc2c(n(C)c3cc(-n4ccc(OCc5ccccc5)cc4=O)ccc23)C1.COc1ccc(-c2ccn(-c3ccc4c5c(n(C)c4c3)CCN(C)C5)c(=O)c2)c(F)c1.Cc1ccc(-c2ccn(-c3ccc4c5c(n(C)c4c3)CCN(C)C5)c(=O)c2)cc1. The van der Waals surface area contributed by atoms with Gasteiger partial charge in [0, 0.05) is 270 Å². The van der Waals surface area contributed by atoms with Crippen LogP contribution in [0.15, 0.2) is 322 Å². The highest BCUT2D eigenvalue weighted by Crippen LogP contribution is 2.40. The number of ether oxygens (including phenoxy) is 2. The van der Waals surface area contributed by atoms with Crippen LogP contribution in [0, 0.1) is 18.6 Å². The van der Waals surface area contributed by atoms with Gasteiger partial charge in [0.15, 0.2) is 0 Å². The maximum absolute atomic E-state index is 14.4. The zero-order valence-corrected chi connectivity index (χ0v) is 87.2. The van der Waals surface area contributed by atoms with E-state index in [9.17, 15) is 32.8 Å². The van der Waals surface area contributed by atoms with E-state index in [1.807, 2.05) is 109 Å². The molecule has 26 heteroatoms. The van der Waals surface area contributed by atoms with Crippen molar-refractivity contribution in [2.45, 2.75) is 78.4 Å². The van der Waals surface area contributed by atoms with E-state index in [1.54, 1.807) is 96.0 Å². The Hall–Kier alpha value is -15.5. The highest BCUT2D eigenvalue weighted by atomic mass is 35.5. The molecule has 0 bridgehead atoms. The number of methoxy groups -OCH3 is 1. The minimum Gasteiger partial charge on any atom is -0.497 e. The molecular weight excluding hydrogens is 1910 g/mol. The van der Waals surface area contributed by atoms with Gasteiger partial charge in [0.25, 0.3) is 27.8 Å². The van der Waals surface area contributed by atoms with Crippen molar-refractivity contribution in [1.82, 2.24) is 70.2 Å². The van der Waals surface area contributed by atoms with Crippen LogP contribution in [-0.4, -0.2) is 145 Å². The van der Waals surface area contributed by atoms with Crippen LogP contribution in [0.3, 0.4) is 0 Å². The smallest absolute Gasteiger partial charge is 0.258 e. The Morgan fingerprint density at radius 3 is 0.973 bits per heavy atom. The summed E-state index contributed by atoms with van der Waals surface area (Å²) in [7, 11) is 22.8. The first kappa shape index (κ1) is 99.5. The minimum absolute atomic E-state index is 0.0128. The zero-order chi connectivity index (χ0) is 104. The normalized spacial score (nSPS) is 14.2. The Morgan fingerprint density at radius 2 is 0.604 bits per heavy atom. The summed E-state index contributed by atoms with van der Waals surface area (Å²) < 4.78 is 59.2. The molecule has 10 aromatic carbocycles. The van der Waals surface area contributed by atoms with Crippen molar-refractivity contribution in [3.8, 4) is 84.4 Å². The van der Waals surface area contributed by atoms with Crippen molar-refractivity contribution in [1.29, 1.82) is 0 Å². The van der Waals surface area contributed by atoms with Crippen LogP contribution in [-0.2, 0) is 107 Å². The molecule has 0 atom stereocenters. The number of benzene rings is 10. The van der Waals surface area contributed by atoms with E-state index < -0.39 is 11.6 Å². The van der Waals surface area contributed by atoms with Crippen LogP contribution >= 0.6 is 23.2 Å². The van der Waals surface area contributed by atoms with E-state index >= 15 is 0 Å². The topological polar surface area (TPSA) is 169 Å². The second-order valence-electron chi connectivity index (χ2n) is 40.0. The van der Waals surface area contributed by atoms with Crippen molar-refractivity contribution >= 4 is 77.7 Å². The Kier molecular flexibility index (Phi) is 27.8. The first-order valence-corrected chi connectivity index (χ1v) is 51.1. The van der Waals surface area contributed by atoms with Gasteiger partial charge in [-0.15, -0.1) is 0 Å². The van der Waals surface area contributed by atoms with Gasteiger partial charge in [-0.3, -0.25) is 46.8 Å². The van der Waals surface area contributed by atoms with E-state index in [-0.39, 0.29) is 27.8 Å². The lowest BCUT2D eigenvalue weighted by Gasteiger charge is -2.23. The number of nitrogens with zero attached hydrogens (tertiary/aromatic N) is 15. The molecule has 0 saturated heterocycles. The summed E-state index contributed by atoms with van der Waals surface area (Å²) in [5.41, 5.74) is 31.4. The number of aromatic nitrogens is 10. The molecule has 0 saturated carbocycles. The molecule has 0 spiro atoms. The molecule has 22 nitrogen and oxygen atoms in total. The molecule has 0 aliphatic carbocycles. The third-order valence-electron chi connectivity index (χ3n) is 30.4. The summed E-state index contributed by atoms with van der Waals surface area (Å²) >= 11 is 11.8. The van der Waals surface area contributed by atoms with Crippen LogP contribution in [0.2, 0.25) is 10.0 Å². The quantitative estimate of drug-likeness (QED) is 0.107. The molecule has 25 rings (SSSR count). The highest BCUT2D eigenvalue weighted by Gasteiger charge is 2.29. The molecule has 20 aromatic rings. The van der Waals surface area contributed by atoms with Crippen LogP contribution in [0.1, 0.15) is 67.4 Å². The summed E-state index contributed by atoms with van der Waals surface area (Å²) in [6.07, 6.45) is 14.2. The first-order valence-electron chi connectivity index (χ1n) is 50.4. The van der Waals surface area contributed by atoms with Crippen LogP contribution < -0.4 is 37.3 Å². The third-order valence-corrected chi connectivity index (χ3v) is 30.9. The molecule has 0 unspecified atom stereocenters. The Labute approximate surface area is 872 Å². The second kappa shape index (κ2) is 41.7. The van der Waals surface area contributed by atoms with Gasteiger partial charge >= 0.3 is 0 Å². The summed E-state index contributed by atoms with van der Waals surface area (Å²) in [4.78, 5) is 76.0. The number of aryl methyl sites for hydroxylation is 6. The predicted molar refractivity (Wildman–Crippen MR) is 597 cm³/mol. The number of likely N-dealkylation sites (N-methyl/N-ethyl adjacent to an activating group) is 5. The maximum atomic E-state index is 14.4. The highest BCUT2D eigenvalue weighted by molar-refractivity contribution is 6.31. The van der Waals surface area contributed by atoms with Crippen LogP contribution in [0.5, 0.6) is 11.5 Å². The molecule has 10 aromatic heterocycles. The summed E-state index contributed by atoms with van der Waals surface area (Å²) in [5, 5.41) is 7.35. The molecule has 5 aliphatic heterocycles. The van der Waals surface area contributed by atoms with Crippen molar-refractivity contribution in [3.63, 3.8) is 0 Å². The van der Waals surface area contributed by atoms with E-state index in [2.05, 4.69) is 216 Å². The monoisotopic (exact) mass is 2020 g/mol. The lowest BCUT2D eigenvalue weighted by atomic mass is 10.0. The fourth-order valence-corrected chi connectivity index (χ4v) is 22.4. The van der Waals surface area contributed by atoms with Gasteiger partial charge in [-0.05, 0) is 249 Å². The molecule has 0 radical (unpaired) electrons. The lowest BCUT2D eigenvalue weighted by Crippen LogP contribution is -2.27. The van der Waals surface area contributed by atoms with E-state index in [4.69, 9.17) is 32.7 Å². The standard InChI is InChI=1S/C25H24FN3O2.C25H25N3O2.C25H25N3O.C24H21ClFN3O.C24H22ClN3O/c1-27-10-9-23-21(15-27)20-6-4-17(13-24(20)28(23)2)29-11-8-16(12-25(29)30)19-7-5-18(31-3)14-22(19)26;1-26-12-11-22-21-9-8-19(14-23(21)27(2)24(22)16-26)28-13-10-20(15-25(28)29)30-17-18-6-4-3-5-7-18;1-17-4-6-18(7-5-17)19-10-13-28(25(29)14-19)20-8-9-21-22-16-26(2)12-11-23(22)27(3)24(21)15-20;1-27-9-8-22-20(14-27)19-6-4-17(13-23(19)28(22)2)29-10-7-15(11-24(29)30)18-5-3-16(25)12-21(18)26;1-26-11-10-22-21(15-26)20-8-7-19(14-23(20)27(22)2)28-12-9-17(13-24(28)29)16-3-5-18(25)6-4-16/h4-8,11-14H,9-10,15H2,1-3H3;3-10,13-15H,11-12,16-17H2,1-2H3;4-10,13-15H,11-12,16H2,1-3H3;3-7,10-13H,8-9,14H2,1-2H3;3-9,12-14H,10-11,15H2,1-2H3. The largest absolute Gasteiger partial charge is 0.497 e. The van der Waals surface area contributed by atoms with E-state index in [0.717, 1.165) is 165 Å². The minimum atomic E-state index is -0.444. The lowest BCUT2D eigenvalue weighted by molar-refractivity contribution is 0.305. The van der Waals surface area contributed by atoms with Crippen molar-refractivity contribution < 1.29 is 18.3 Å². The number of hydrogen-bond donors (Lipinski definition) is 0. The van der Waals surface area contributed by atoms with Gasteiger partial charge in [-0.2, -0.15) is 0 Å². The molecule has 754 valence electrons. The number of pyridine rings is 5. The van der Waals surface area contributed by atoms with Gasteiger partial charge in [-0.1, -0.05) is 126 Å². The van der Waals surface area contributed by atoms with Gasteiger partial charge in [0.05, 0.1) is 63.1 Å². The molecule has 0 amide bonds. The fraction of sp³-hybridized carbons (Fsp3) is 0.228. The summed E-state index contributed by atoms with van der Waals surface area (Å²) in [6, 6.07) is 83.3. The number of halogens is 4. The van der Waals surface area contributed by atoms with Crippen LogP contribution in [0.4, 0.5) is 8.78 Å². The van der Waals surface area contributed by atoms with Crippen molar-refractivity contribution in [2.75, 3.05) is 75.1 Å². The Bertz CT molecular complexity index is 8740. The molecular formula is C123H117Cl2F2N15O7. The third kappa shape index (κ3) is 19.9. The van der Waals surface area contributed by atoms with Crippen LogP contribution in [0.25, 0.3) is 127 Å². The maximum Gasteiger partial charge on any atom is 0.258 e. The Morgan fingerprint density at radius 1 is 0.282 bits per heavy atom. The zero-order valence-electron chi connectivity index (χ0n) is 85.7. The van der Waals surface area contributed by atoms with Gasteiger partial charge in [0.2, 0.25) is 0 Å². The van der Waals surface area contributed by atoms with Crippen molar-refractivity contribution in [2.24, 2.45) is 35.2 Å².